The zero-order valence-electron chi connectivity index (χ0n) is 10.6. The molecule has 1 aromatic rings. The van der Waals surface area contributed by atoms with Gasteiger partial charge < -0.3 is 5.11 Å². The molecule has 7 heteroatoms. The molecule has 1 aromatic heterocycles. The van der Waals surface area contributed by atoms with Gasteiger partial charge >= 0.3 is 5.97 Å². The molecule has 0 radical (unpaired) electrons. The minimum Gasteiger partial charge on any atom is -0.481 e. The molecule has 0 aliphatic carbocycles. The van der Waals surface area contributed by atoms with Crippen LogP contribution in [-0.4, -0.2) is 41.9 Å². The lowest BCUT2D eigenvalue weighted by Crippen LogP contribution is -2.48. The number of carboxylic acids is 1. The normalized spacial score (nSPS) is 25.1. The topological polar surface area (TPSA) is 87.6 Å². The Kier molecular flexibility index (Phi) is 3.60. The maximum Gasteiger partial charge on any atom is 0.310 e. The Morgan fingerprint density at radius 3 is 2.84 bits per heavy atom. The second-order valence-corrected chi connectivity index (χ2v) is 6.93. The van der Waals surface area contributed by atoms with Crippen molar-refractivity contribution in [2.45, 2.75) is 24.7 Å². The summed E-state index contributed by atoms with van der Waals surface area (Å²) >= 11 is 0. The summed E-state index contributed by atoms with van der Waals surface area (Å²) in [5.74, 6) is -0.960. The van der Waals surface area contributed by atoms with Crippen LogP contribution in [0.1, 0.15) is 19.8 Å². The fourth-order valence-electron chi connectivity index (χ4n) is 2.22. The molecule has 104 valence electrons. The smallest absolute Gasteiger partial charge is 0.310 e. The van der Waals surface area contributed by atoms with E-state index in [1.807, 2.05) is 0 Å². The van der Waals surface area contributed by atoms with Crippen LogP contribution in [0, 0.1) is 5.41 Å². The van der Waals surface area contributed by atoms with Gasteiger partial charge in [-0.3, -0.25) is 9.78 Å². The van der Waals surface area contributed by atoms with Gasteiger partial charge in [0.1, 0.15) is 4.90 Å². The van der Waals surface area contributed by atoms with E-state index < -0.39 is 21.4 Å². The molecule has 1 N–H and O–H groups in total. The van der Waals surface area contributed by atoms with E-state index >= 15 is 0 Å². The Hall–Kier alpha value is -1.47. The molecule has 1 fully saturated rings. The Morgan fingerprint density at radius 1 is 1.53 bits per heavy atom. The van der Waals surface area contributed by atoms with Crippen molar-refractivity contribution in [1.29, 1.82) is 0 Å². The highest BCUT2D eigenvalue weighted by atomic mass is 32.2. The number of rotatable bonds is 3. The number of piperidine rings is 1. The monoisotopic (exact) mass is 284 g/mol. The summed E-state index contributed by atoms with van der Waals surface area (Å²) in [6.07, 6.45) is 3.81. The number of hydrogen-bond acceptors (Lipinski definition) is 4. The molecule has 6 nitrogen and oxygen atoms in total. The fraction of sp³-hybridized carbons (Fsp3) is 0.500. The van der Waals surface area contributed by atoms with Gasteiger partial charge in [-0.05, 0) is 31.9 Å². The van der Waals surface area contributed by atoms with Crippen LogP contribution in [-0.2, 0) is 14.8 Å². The molecule has 2 heterocycles. The number of carbonyl (C=O) groups is 1. The molecule has 0 amide bonds. The molecule has 0 aromatic carbocycles. The Morgan fingerprint density at radius 2 is 2.26 bits per heavy atom. The van der Waals surface area contributed by atoms with Crippen molar-refractivity contribution in [3.05, 3.63) is 24.5 Å². The lowest BCUT2D eigenvalue weighted by atomic mass is 9.83. The molecular formula is C12H16N2O4S. The molecule has 0 spiro atoms. The summed E-state index contributed by atoms with van der Waals surface area (Å²) in [4.78, 5) is 15.1. The second-order valence-electron chi connectivity index (χ2n) is 5.00. The van der Waals surface area contributed by atoms with Crippen molar-refractivity contribution < 1.29 is 18.3 Å². The van der Waals surface area contributed by atoms with Gasteiger partial charge in [0.15, 0.2) is 0 Å². The molecular weight excluding hydrogens is 268 g/mol. The lowest BCUT2D eigenvalue weighted by molar-refractivity contribution is -0.150. The highest BCUT2D eigenvalue weighted by molar-refractivity contribution is 7.89. The van der Waals surface area contributed by atoms with Crippen LogP contribution in [0.2, 0.25) is 0 Å². The van der Waals surface area contributed by atoms with E-state index in [9.17, 15) is 18.3 Å². The van der Waals surface area contributed by atoms with Crippen LogP contribution in [0.3, 0.4) is 0 Å². The minimum atomic E-state index is -3.66. The van der Waals surface area contributed by atoms with Crippen LogP contribution >= 0.6 is 0 Å². The maximum absolute atomic E-state index is 12.4. The summed E-state index contributed by atoms with van der Waals surface area (Å²) < 4.78 is 26.0. The van der Waals surface area contributed by atoms with Crippen LogP contribution in [0.15, 0.2) is 29.4 Å². The summed E-state index contributed by atoms with van der Waals surface area (Å²) in [6.45, 7) is 1.93. The molecule has 19 heavy (non-hydrogen) atoms. The third-order valence-electron chi connectivity index (χ3n) is 3.45. The first-order valence-electron chi connectivity index (χ1n) is 6.00. The van der Waals surface area contributed by atoms with Crippen LogP contribution in [0.25, 0.3) is 0 Å². The van der Waals surface area contributed by atoms with E-state index in [0.717, 1.165) is 0 Å². The third-order valence-corrected chi connectivity index (χ3v) is 5.28. The first kappa shape index (κ1) is 14.0. The number of aromatic nitrogens is 1. The molecule has 1 atom stereocenters. The van der Waals surface area contributed by atoms with Crippen molar-refractivity contribution in [3.63, 3.8) is 0 Å². The lowest BCUT2D eigenvalue weighted by Gasteiger charge is -2.36. The Bertz CT molecular complexity index is 573. The SMILES string of the molecule is CC1(C(=O)O)CCCN(S(=O)(=O)c2cccnc2)C1. The molecule has 1 aliphatic heterocycles. The van der Waals surface area contributed by atoms with Crippen LogP contribution < -0.4 is 0 Å². The van der Waals surface area contributed by atoms with Crippen molar-refractivity contribution >= 4 is 16.0 Å². The molecule has 1 aliphatic rings. The Balaban J connectivity index is 2.30. The van der Waals surface area contributed by atoms with Crippen LogP contribution in [0.4, 0.5) is 0 Å². The van der Waals surface area contributed by atoms with Gasteiger partial charge in [-0.25, -0.2) is 8.42 Å². The van der Waals surface area contributed by atoms with Crippen molar-refractivity contribution in [2.24, 2.45) is 5.41 Å². The summed E-state index contributed by atoms with van der Waals surface area (Å²) in [5.41, 5.74) is -1.02. The number of nitrogens with zero attached hydrogens (tertiary/aromatic N) is 2. The van der Waals surface area contributed by atoms with Crippen molar-refractivity contribution in [3.8, 4) is 0 Å². The minimum absolute atomic E-state index is 0.000436. The van der Waals surface area contributed by atoms with Gasteiger partial charge in [-0.15, -0.1) is 0 Å². The highest BCUT2D eigenvalue weighted by Gasteiger charge is 2.41. The first-order valence-corrected chi connectivity index (χ1v) is 7.44. The summed E-state index contributed by atoms with van der Waals surface area (Å²) in [7, 11) is -3.66. The maximum atomic E-state index is 12.4. The zero-order valence-corrected chi connectivity index (χ0v) is 11.4. The van der Waals surface area contributed by atoms with Crippen LogP contribution in [0.5, 0.6) is 0 Å². The van der Waals surface area contributed by atoms with E-state index in [1.165, 1.54) is 22.8 Å². The fourth-order valence-corrected chi connectivity index (χ4v) is 3.79. The average Bonchev–Trinajstić information content (AvgIpc) is 2.39. The zero-order chi connectivity index (χ0) is 14.1. The Labute approximate surface area is 112 Å². The van der Waals surface area contributed by atoms with E-state index in [-0.39, 0.29) is 11.4 Å². The molecule has 1 unspecified atom stereocenters. The van der Waals surface area contributed by atoms with Gasteiger partial charge in [0.25, 0.3) is 0 Å². The average molecular weight is 284 g/mol. The predicted octanol–water partition coefficient (Wildman–Crippen LogP) is 0.957. The molecule has 1 saturated heterocycles. The first-order chi connectivity index (χ1) is 8.86. The van der Waals surface area contributed by atoms with E-state index in [0.29, 0.717) is 19.4 Å². The number of sulfonamides is 1. The summed E-state index contributed by atoms with van der Waals surface area (Å²) in [6, 6.07) is 3.02. The number of pyridine rings is 1. The van der Waals surface area contributed by atoms with Crippen molar-refractivity contribution in [1.82, 2.24) is 9.29 Å². The summed E-state index contributed by atoms with van der Waals surface area (Å²) in [5, 5.41) is 9.22. The third kappa shape index (κ3) is 2.62. The van der Waals surface area contributed by atoms with E-state index in [4.69, 9.17) is 0 Å². The van der Waals surface area contributed by atoms with Gasteiger partial charge in [-0.1, -0.05) is 0 Å². The van der Waals surface area contributed by atoms with Gasteiger partial charge in [0.05, 0.1) is 5.41 Å². The predicted molar refractivity (Wildman–Crippen MR) is 68.0 cm³/mol. The quantitative estimate of drug-likeness (QED) is 0.893. The molecule has 0 saturated carbocycles. The van der Waals surface area contributed by atoms with Gasteiger partial charge in [0.2, 0.25) is 10.0 Å². The van der Waals surface area contributed by atoms with Gasteiger partial charge in [-0.2, -0.15) is 4.31 Å². The van der Waals surface area contributed by atoms with E-state index in [1.54, 1.807) is 13.0 Å². The number of hydrogen-bond donors (Lipinski definition) is 1. The second kappa shape index (κ2) is 4.90. The number of aliphatic carboxylic acids is 1. The highest BCUT2D eigenvalue weighted by Crippen LogP contribution is 2.32. The van der Waals surface area contributed by atoms with Gasteiger partial charge in [0, 0.05) is 25.5 Å². The number of carboxylic acid groups (broad SMARTS) is 1. The van der Waals surface area contributed by atoms with E-state index in [2.05, 4.69) is 4.98 Å². The van der Waals surface area contributed by atoms with Crippen molar-refractivity contribution in [2.75, 3.05) is 13.1 Å². The molecule has 0 bridgehead atoms. The standard InChI is InChI=1S/C12H16N2O4S/c1-12(11(15)16)5-3-7-14(9-12)19(17,18)10-4-2-6-13-8-10/h2,4,6,8H,3,5,7,9H2,1H3,(H,15,16). The molecule has 2 rings (SSSR count). The largest absolute Gasteiger partial charge is 0.481 e.